The van der Waals surface area contributed by atoms with Gasteiger partial charge in [0.15, 0.2) is 5.82 Å². The molecule has 1 fully saturated rings. The van der Waals surface area contributed by atoms with Crippen LogP contribution in [0.1, 0.15) is 42.6 Å². The standard InChI is InChI=1S/C20H25N5O2/c1-26-12-10-19-22-20(27-23-19)18-9-5-6-11-24(18)14-16-13-21-25(15-16)17-7-3-2-4-8-17/h2-4,7-8,13,15,18H,5-6,9-12,14H2,1H3. The van der Waals surface area contributed by atoms with Crippen molar-refractivity contribution in [2.24, 2.45) is 0 Å². The quantitative estimate of drug-likeness (QED) is 0.639. The van der Waals surface area contributed by atoms with Gasteiger partial charge in [-0.25, -0.2) is 4.68 Å². The lowest BCUT2D eigenvalue weighted by atomic mass is 10.0. The summed E-state index contributed by atoms with van der Waals surface area (Å²) in [7, 11) is 1.68. The lowest BCUT2D eigenvalue weighted by Gasteiger charge is -2.32. The Morgan fingerprint density at radius 1 is 1.22 bits per heavy atom. The highest BCUT2D eigenvalue weighted by molar-refractivity contribution is 5.30. The summed E-state index contributed by atoms with van der Waals surface area (Å²) < 4.78 is 12.6. The molecule has 0 aliphatic carbocycles. The van der Waals surface area contributed by atoms with E-state index in [0.717, 1.165) is 31.1 Å². The monoisotopic (exact) mass is 367 g/mol. The van der Waals surface area contributed by atoms with E-state index in [2.05, 4.69) is 38.5 Å². The third-order valence-electron chi connectivity index (χ3n) is 4.95. The van der Waals surface area contributed by atoms with E-state index in [1.165, 1.54) is 18.4 Å². The number of para-hydroxylation sites is 1. The molecular formula is C20H25N5O2. The molecule has 7 nitrogen and oxygen atoms in total. The molecule has 0 bridgehead atoms. The first kappa shape index (κ1) is 17.9. The van der Waals surface area contributed by atoms with Gasteiger partial charge in [0.2, 0.25) is 5.89 Å². The fourth-order valence-electron chi connectivity index (χ4n) is 3.56. The van der Waals surface area contributed by atoms with Crippen LogP contribution in [0.5, 0.6) is 0 Å². The number of likely N-dealkylation sites (tertiary alicyclic amines) is 1. The molecule has 2 aromatic heterocycles. The van der Waals surface area contributed by atoms with E-state index in [1.807, 2.05) is 29.1 Å². The van der Waals surface area contributed by atoms with Crippen LogP contribution in [0.25, 0.3) is 5.69 Å². The summed E-state index contributed by atoms with van der Waals surface area (Å²) in [5.74, 6) is 1.44. The Morgan fingerprint density at radius 3 is 2.96 bits per heavy atom. The average molecular weight is 367 g/mol. The molecular weight excluding hydrogens is 342 g/mol. The smallest absolute Gasteiger partial charge is 0.244 e. The second-order valence-corrected chi connectivity index (χ2v) is 6.90. The zero-order valence-electron chi connectivity index (χ0n) is 15.6. The molecule has 1 saturated heterocycles. The van der Waals surface area contributed by atoms with E-state index >= 15 is 0 Å². The molecule has 0 spiro atoms. The van der Waals surface area contributed by atoms with Crippen LogP contribution in [0, 0.1) is 0 Å². The van der Waals surface area contributed by atoms with Gasteiger partial charge in [0.05, 0.1) is 24.5 Å². The highest BCUT2D eigenvalue weighted by Gasteiger charge is 2.29. The molecule has 1 unspecified atom stereocenters. The first-order chi connectivity index (χ1) is 13.3. The molecule has 0 N–H and O–H groups in total. The van der Waals surface area contributed by atoms with E-state index in [-0.39, 0.29) is 6.04 Å². The van der Waals surface area contributed by atoms with Gasteiger partial charge in [-0.15, -0.1) is 0 Å². The van der Waals surface area contributed by atoms with Crippen LogP contribution in [-0.4, -0.2) is 45.1 Å². The minimum absolute atomic E-state index is 0.169. The lowest BCUT2D eigenvalue weighted by molar-refractivity contribution is 0.111. The molecule has 1 atom stereocenters. The minimum Gasteiger partial charge on any atom is -0.384 e. The van der Waals surface area contributed by atoms with Crippen LogP contribution in [0.3, 0.4) is 0 Å². The number of ether oxygens (including phenoxy) is 1. The van der Waals surface area contributed by atoms with Crippen molar-refractivity contribution in [2.45, 2.75) is 38.3 Å². The van der Waals surface area contributed by atoms with Gasteiger partial charge in [-0.1, -0.05) is 29.8 Å². The van der Waals surface area contributed by atoms with Crippen molar-refractivity contribution in [3.8, 4) is 5.69 Å². The van der Waals surface area contributed by atoms with Crippen LogP contribution in [0.2, 0.25) is 0 Å². The van der Waals surface area contributed by atoms with Gasteiger partial charge < -0.3 is 9.26 Å². The maximum Gasteiger partial charge on any atom is 0.244 e. The van der Waals surface area contributed by atoms with Crippen LogP contribution < -0.4 is 0 Å². The predicted octanol–water partition coefficient (Wildman–Crippen LogP) is 3.17. The Morgan fingerprint density at radius 2 is 2.11 bits per heavy atom. The molecule has 1 aliphatic heterocycles. The highest BCUT2D eigenvalue weighted by atomic mass is 16.5. The van der Waals surface area contributed by atoms with Crippen molar-refractivity contribution in [2.75, 3.05) is 20.3 Å². The molecule has 3 heterocycles. The van der Waals surface area contributed by atoms with Gasteiger partial charge >= 0.3 is 0 Å². The Hall–Kier alpha value is -2.51. The summed E-state index contributed by atoms with van der Waals surface area (Å²) in [6.45, 7) is 2.45. The summed E-state index contributed by atoms with van der Waals surface area (Å²) in [5, 5.41) is 8.62. The molecule has 142 valence electrons. The maximum absolute atomic E-state index is 5.56. The van der Waals surface area contributed by atoms with Gasteiger partial charge in [0, 0.05) is 31.8 Å². The van der Waals surface area contributed by atoms with Crippen LogP contribution in [-0.2, 0) is 17.7 Å². The molecule has 1 aliphatic rings. The molecule has 0 radical (unpaired) electrons. The molecule has 0 amide bonds. The average Bonchev–Trinajstić information content (AvgIpc) is 3.37. The van der Waals surface area contributed by atoms with Crippen LogP contribution in [0.4, 0.5) is 0 Å². The van der Waals surface area contributed by atoms with Gasteiger partial charge in [0.1, 0.15) is 0 Å². The number of aromatic nitrogens is 4. The molecule has 7 heteroatoms. The highest BCUT2D eigenvalue weighted by Crippen LogP contribution is 2.31. The van der Waals surface area contributed by atoms with Crippen molar-refractivity contribution in [3.63, 3.8) is 0 Å². The molecule has 3 aromatic rings. The van der Waals surface area contributed by atoms with Crippen molar-refractivity contribution < 1.29 is 9.26 Å². The van der Waals surface area contributed by atoms with E-state index in [0.29, 0.717) is 18.9 Å². The van der Waals surface area contributed by atoms with Crippen molar-refractivity contribution in [3.05, 3.63) is 60.0 Å². The molecule has 27 heavy (non-hydrogen) atoms. The largest absolute Gasteiger partial charge is 0.384 e. The second kappa shape index (κ2) is 8.45. The van der Waals surface area contributed by atoms with Crippen molar-refractivity contribution in [1.82, 2.24) is 24.8 Å². The number of rotatable bonds is 7. The summed E-state index contributed by atoms with van der Waals surface area (Å²) >= 11 is 0. The first-order valence-electron chi connectivity index (χ1n) is 9.48. The third-order valence-corrected chi connectivity index (χ3v) is 4.95. The van der Waals surface area contributed by atoms with Crippen molar-refractivity contribution >= 4 is 0 Å². The van der Waals surface area contributed by atoms with Gasteiger partial charge in [-0.3, -0.25) is 4.90 Å². The Bertz CT molecular complexity index is 845. The maximum atomic E-state index is 5.56. The zero-order chi connectivity index (χ0) is 18.5. The van der Waals surface area contributed by atoms with Gasteiger partial charge in [-0.05, 0) is 31.5 Å². The van der Waals surface area contributed by atoms with E-state index in [4.69, 9.17) is 9.26 Å². The van der Waals surface area contributed by atoms with Gasteiger partial charge in [0.25, 0.3) is 0 Å². The topological polar surface area (TPSA) is 69.2 Å². The number of nitrogens with zero attached hydrogens (tertiary/aromatic N) is 5. The normalized spacial score (nSPS) is 18.0. The predicted molar refractivity (Wildman–Crippen MR) is 100 cm³/mol. The van der Waals surface area contributed by atoms with E-state index in [9.17, 15) is 0 Å². The zero-order valence-corrected chi connectivity index (χ0v) is 15.6. The number of hydrogen-bond acceptors (Lipinski definition) is 6. The van der Waals surface area contributed by atoms with Gasteiger partial charge in [-0.2, -0.15) is 10.1 Å². The summed E-state index contributed by atoms with van der Waals surface area (Å²) in [6.07, 6.45) is 8.12. The van der Waals surface area contributed by atoms with E-state index in [1.54, 1.807) is 7.11 Å². The molecule has 0 saturated carbocycles. The minimum atomic E-state index is 0.169. The first-order valence-corrected chi connectivity index (χ1v) is 9.48. The molecule has 1 aromatic carbocycles. The Labute approximate surface area is 158 Å². The summed E-state index contributed by atoms with van der Waals surface area (Å²) in [5.41, 5.74) is 2.25. The molecule has 4 rings (SSSR count). The summed E-state index contributed by atoms with van der Waals surface area (Å²) in [4.78, 5) is 7.02. The lowest BCUT2D eigenvalue weighted by Crippen LogP contribution is -2.33. The fraction of sp³-hybridized carbons (Fsp3) is 0.450. The number of piperidine rings is 1. The van der Waals surface area contributed by atoms with Crippen molar-refractivity contribution in [1.29, 1.82) is 0 Å². The van der Waals surface area contributed by atoms with E-state index < -0.39 is 0 Å². The Kier molecular flexibility index (Phi) is 5.60. The number of hydrogen-bond donors (Lipinski definition) is 0. The van der Waals surface area contributed by atoms with Crippen LogP contribution in [0.15, 0.2) is 47.2 Å². The summed E-state index contributed by atoms with van der Waals surface area (Å²) in [6, 6.07) is 10.3. The fourth-order valence-corrected chi connectivity index (χ4v) is 3.56. The number of benzene rings is 1. The number of methoxy groups -OCH3 is 1. The second-order valence-electron chi connectivity index (χ2n) is 6.90. The third kappa shape index (κ3) is 4.26. The SMILES string of the molecule is COCCc1noc(C2CCCCN2Cc2cnn(-c3ccccc3)c2)n1. The Balaban J connectivity index is 1.47. The van der Waals surface area contributed by atoms with Crippen LogP contribution >= 0.6 is 0 Å².